The maximum Gasteiger partial charge on any atom is 0.269 e. The number of nitrogens with one attached hydrogen (secondary N) is 3. The van der Waals surface area contributed by atoms with Gasteiger partial charge in [0.2, 0.25) is 0 Å². The highest BCUT2D eigenvalue weighted by Gasteiger charge is 2.25. The first-order valence-corrected chi connectivity index (χ1v) is 9.53. The molecule has 0 saturated carbocycles. The monoisotopic (exact) mass is 397 g/mol. The molecule has 0 bridgehead atoms. The summed E-state index contributed by atoms with van der Waals surface area (Å²) in [6.45, 7) is 7.85. The van der Waals surface area contributed by atoms with Gasteiger partial charge in [0.25, 0.3) is 17.7 Å². The molecule has 7 nitrogen and oxygen atoms in total. The summed E-state index contributed by atoms with van der Waals surface area (Å²) in [4.78, 5) is 37.3. The molecule has 0 aliphatic carbocycles. The Bertz CT molecular complexity index is 863. The van der Waals surface area contributed by atoms with Crippen LogP contribution in [0.25, 0.3) is 0 Å². The van der Waals surface area contributed by atoms with Crippen LogP contribution in [0, 0.1) is 12.8 Å². The summed E-state index contributed by atoms with van der Waals surface area (Å²) in [5.41, 5.74) is 6.47. The SMILES string of the molecule is CCOc1ccc(C(=O)N[C@H](C(=O)NNC(=O)c2ccccc2C)C(C)C)cc1. The molecule has 0 saturated heterocycles. The van der Waals surface area contributed by atoms with E-state index in [0.717, 1.165) is 5.56 Å². The molecule has 2 aromatic carbocycles. The van der Waals surface area contributed by atoms with Gasteiger partial charge >= 0.3 is 0 Å². The maximum absolute atomic E-state index is 12.6. The number of hydrazine groups is 1. The van der Waals surface area contributed by atoms with Crippen LogP contribution in [0.5, 0.6) is 5.75 Å². The van der Waals surface area contributed by atoms with Crippen molar-refractivity contribution in [3.63, 3.8) is 0 Å². The molecular formula is C22H27N3O4. The Hall–Kier alpha value is -3.35. The molecule has 1 atom stereocenters. The molecule has 3 amide bonds. The molecule has 0 spiro atoms. The van der Waals surface area contributed by atoms with E-state index in [1.165, 1.54) is 0 Å². The van der Waals surface area contributed by atoms with Crippen molar-refractivity contribution in [3.8, 4) is 5.75 Å². The van der Waals surface area contributed by atoms with E-state index >= 15 is 0 Å². The highest BCUT2D eigenvalue weighted by molar-refractivity contribution is 5.99. The number of rotatable bonds is 7. The molecule has 0 radical (unpaired) electrons. The van der Waals surface area contributed by atoms with Gasteiger partial charge in [0.05, 0.1) is 6.61 Å². The number of amides is 3. The number of carbonyl (C=O) groups is 3. The van der Waals surface area contributed by atoms with Gasteiger partial charge in [-0.15, -0.1) is 0 Å². The van der Waals surface area contributed by atoms with Gasteiger partial charge in [-0.3, -0.25) is 25.2 Å². The second-order valence-electron chi connectivity index (χ2n) is 6.91. The van der Waals surface area contributed by atoms with Crippen molar-refractivity contribution in [2.45, 2.75) is 33.7 Å². The molecule has 0 aliphatic rings. The molecule has 0 aromatic heterocycles. The minimum absolute atomic E-state index is 0.183. The van der Waals surface area contributed by atoms with Crippen LogP contribution in [-0.4, -0.2) is 30.4 Å². The third-order valence-electron chi connectivity index (χ3n) is 4.35. The van der Waals surface area contributed by atoms with Crippen LogP contribution in [-0.2, 0) is 4.79 Å². The number of hydrogen-bond donors (Lipinski definition) is 3. The zero-order valence-corrected chi connectivity index (χ0v) is 17.1. The van der Waals surface area contributed by atoms with E-state index in [4.69, 9.17) is 4.74 Å². The fourth-order valence-corrected chi connectivity index (χ4v) is 2.72. The van der Waals surface area contributed by atoms with Gasteiger partial charge < -0.3 is 10.1 Å². The molecule has 29 heavy (non-hydrogen) atoms. The van der Waals surface area contributed by atoms with Gasteiger partial charge in [0.15, 0.2) is 0 Å². The first-order chi connectivity index (χ1) is 13.8. The Morgan fingerprint density at radius 1 is 0.931 bits per heavy atom. The Morgan fingerprint density at radius 2 is 1.59 bits per heavy atom. The molecular weight excluding hydrogens is 370 g/mol. The Morgan fingerprint density at radius 3 is 2.17 bits per heavy atom. The highest BCUT2D eigenvalue weighted by atomic mass is 16.5. The van der Waals surface area contributed by atoms with Crippen LogP contribution in [0.1, 0.15) is 47.1 Å². The zero-order valence-electron chi connectivity index (χ0n) is 17.1. The normalized spacial score (nSPS) is 11.5. The standard InChI is InChI=1S/C22H27N3O4/c1-5-29-17-12-10-16(11-13-17)20(26)23-19(14(2)3)22(28)25-24-21(27)18-9-7-6-8-15(18)4/h6-14,19H,5H2,1-4H3,(H,23,26)(H,24,27)(H,25,28)/t19-/m0/s1. The second-order valence-corrected chi connectivity index (χ2v) is 6.91. The summed E-state index contributed by atoms with van der Waals surface area (Å²) in [6, 6.07) is 12.9. The third kappa shape index (κ3) is 6.07. The fraction of sp³-hybridized carbons (Fsp3) is 0.318. The van der Waals surface area contributed by atoms with Gasteiger partial charge in [0.1, 0.15) is 11.8 Å². The van der Waals surface area contributed by atoms with E-state index in [0.29, 0.717) is 23.5 Å². The lowest BCUT2D eigenvalue weighted by atomic mass is 10.0. The second kappa shape index (κ2) is 10.3. The van der Waals surface area contributed by atoms with Gasteiger partial charge in [-0.05, 0) is 55.7 Å². The van der Waals surface area contributed by atoms with Crippen LogP contribution >= 0.6 is 0 Å². The quantitative estimate of drug-likeness (QED) is 0.626. The van der Waals surface area contributed by atoms with Crippen molar-refractivity contribution in [2.75, 3.05) is 6.61 Å². The predicted molar refractivity (Wildman–Crippen MR) is 110 cm³/mol. The number of carbonyl (C=O) groups excluding carboxylic acids is 3. The number of aryl methyl sites for hydroxylation is 1. The summed E-state index contributed by atoms with van der Waals surface area (Å²) in [6.07, 6.45) is 0. The van der Waals surface area contributed by atoms with E-state index < -0.39 is 17.9 Å². The lowest BCUT2D eigenvalue weighted by molar-refractivity contribution is -0.124. The van der Waals surface area contributed by atoms with Crippen molar-refractivity contribution in [1.82, 2.24) is 16.2 Å². The van der Waals surface area contributed by atoms with Crippen molar-refractivity contribution < 1.29 is 19.1 Å². The molecule has 3 N–H and O–H groups in total. The predicted octanol–water partition coefficient (Wildman–Crippen LogP) is 2.61. The van der Waals surface area contributed by atoms with Crippen molar-refractivity contribution in [1.29, 1.82) is 0 Å². The minimum Gasteiger partial charge on any atom is -0.494 e. The maximum atomic E-state index is 12.6. The van der Waals surface area contributed by atoms with Crippen molar-refractivity contribution in [3.05, 3.63) is 65.2 Å². The van der Waals surface area contributed by atoms with E-state index in [-0.39, 0.29) is 11.8 Å². The first-order valence-electron chi connectivity index (χ1n) is 9.53. The largest absolute Gasteiger partial charge is 0.494 e. The van der Waals surface area contributed by atoms with Crippen LogP contribution in [0.4, 0.5) is 0 Å². The number of hydrogen-bond acceptors (Lipinski definition) is 4. The molecule has 0 unspecified atom stereocenters. The summed E-state index contributed by atoms with van der Waals surface area (Å²) in [5, 5.41) is 2.72. The molecule has 154 valence electrons. The Balaban J connectivity index is 1.99. The Kier molecular flexibility index (Phi) is 7.77. The van der Waals surface area contributed by atoms with Crippen LogP contribution in [0.2, 0.25) is 0 Å². The topological polar surface area (TPSA) is 96.5 Å². The highest BCUT2D eigenvalue weighted by Crippen LogP contribution is 2.13. The number of ether oxygens (including phenoxy) is 1. The summed E-state index contributed by atoms with van der Waals surface area (Å²) in [7, 11) is 0. The van der Waals surface area contributed by atoms with Crippen LogP contribution in [0.15, 0.2) is 48.5 Å². The van der Waals surface area contributed by atoms with Crippen LogP contribution in [0.3, 0.4) is 0 Å². The lowest BCUT2D eigenvalue weighted by Crippen LogP contribution is -2.54. The minimum atomic E-state index is -0.814. The molecule has 7 heteroatoms. The van der Waals surface area contributed by atoms with Crippen molar-refractivity contribution in [2.24, 2.45) is 5.92 Å². The van der Waals surface area contributed by atoms with E-state index in [1.54, 1.807) is 36.4 Å². The van der Waals surface area contributed by atoms with Crippen molar-refractivity contribution >= 4 is 17.7 Å². The average Bonchev–Trinajstić information content (AvgIpc) is 2.70. The average molecular weight is 397 g/mol. The van der Waals surface area contributed by atoms with Gasteiger partial charge in [-0.1, -0.05) is 32.0 Å². The Labute approximate surface area is 170 Å². The van der Waals surface area contributed by atoms with E-state index in [9.17, 15) is 14.4 Å². The lowest BCUT2D eigenvalue weighted by Gasteiger charge is -2.22. The molecule has 0 fully saturated rings. The molecule has 2 rings (SSSR count). The van der Waals surface area contributed by atoms with E-state index in [2.05, 4.69) is 16.2 Å². The van der Waals surface area contributed by atoms with Gasteiger partial charge in [-0.2, -0.15) is 0 Å². The first kappa shape index (κ1) is 21.9. The molecule has 0 aliphatic heterocycles. The number of benzene rings is 2. The zero-order chi connectivity index (χ0) is 21.4. The van der Waals surface area contributed by atoms with Crippen LogP contribution < -0.4 is 20.9 Å². The third-order valence-corrected chi connectivity index (χ3v) is 4.35. The summed E-state index contributed by atoms with van der Waals surface area (Å²) < 4.78 is 5.36. The smallest absolute Gasteiger partial charge is 0.269 e. The van der Waals surface area contributed by atoms with Gasteiger partial charge in [-0.25, -0.2) is 0 Å². The van der Waals surface area contributed by atoms with E-state index in [1.807, 2.05) is 39.8 Å². The van der Waals surface area contributed by atoms with Gasteiger partial charge in [0, 0.05) is 11.1 Å². The fourth-order valence-electron chi connectivity index (χ4n) is 2.72. The molecule has 2 aromatic rings. The summed E-state index contributed by atoms with van der Waals surface area (Å²) >= 11 is 0. The molecule has 0 heterocycles. The summed E-state index contributed by atoms with van der Waals surface area (Å²) in [5.74, 6) is -0.816.